The van der Waals surface area contributed by atoms with Gasteiger partial charge in [-0.25, -0.2) is 0 Å². The summed E-state index contributed by atoms with van der Waals surface area (Å²) in [6, 6.07) is 4.42. The van der Waals surface area contributed by atoms with E-state index in [4.69, 9.17) is 10.8 Å². The molecule has 0 spiro atoms. The van der Waals surface area contributed by atoms with Crippen LogP contribution in [-0.2, 0) is 0 Å². The van der Waals surface area contributed by atoms with Crippen LogP contribution < -0.4 is 11.1 Å². The highest BCUT2D eigenvalue weighted by Gasteiger charge is 2.22. The molecule has 0 radical (unpaired) electrons. The SMILES string of the molecule is CCC(C)(CCO)Nc1cc(N)cc([N+](=O)[O-])c1. The molecule has 0 aliphatic carbocycles. The van der Waals surface area contributed by atoms with Crippen molar-refractivity contribution >= 4 is 17.1 Å². The second kappa shape index (κ2) is 5.68. The smallest absolute Gasteiger partial charge is 0.273 e. The minimum atomic E-state index is -0.475. The zero-order valence-electron chi connectivity index (χ0n) is 10.6. The predicted molar refractivity (Wildman–Crippen MR) is 71.5 cm³/mol. The third-order valence-electron chi connectivity index (χ3n) is 3.04. The molecular weight excluding hydrogens is 234 g/mol. The van der Waals surface area contributed by atoms with Gasteiger partial charge in [0.15, 0.2) is 0 Å². The summed E-state index contributed by atoms with van der Waals surface area (Å²) in [7, 11) is 0. The molecule has 100 valence electrons. The summed E-state index contributed by atoms with van der Waals surface area (Å²) in [4.78, 5) is 10.3. The van der Waals surface area contributed by atoms with Crippen LogP contribution >= 0.6 is 0 Å². The molecule has 4 N–H and O–H groups in total. The van der Waals surface area contributed by atoms with Crippen LogP contribution in [0.4, 0.5) is 17.1 Å². The summed E-state index contributed by atoms with van der Waals surface area (Å²) in [5.41, 5.74) is 6.23. The van der Waals surface area contributed by atoms with Gasteiger partial charge in [-0.3, -0.25) is 10.1 Å². The van der Waals surface area contributed by atoms with Crippen LogP contribution in [-0.4, -0.2) is 22.2 Å². The molecule has 0 heterocycles. The van der Waals surface area contributed by atoms with Gasteiger partial charge >= 0.3 is 0 Å². The average molecular weight is 253 g/mol. The molecule has 0 saturated heterocycles. The molecule has 0 aliphatic heterocycles. The van der Waals surface area contributed by atoms with Crippen molar-refractivity contribution in [1.82, 2.24) is 0 Å². The largest absolute Gasteiger partial charge is 0.398 e. The minimum Gasteiger partial charge on any atom is -0.398 e. The van der Waals surface area contributed by atoms with Crippen LogP contribution in [0.1, 0.15) is 26.7 Å². The van der Waals surface area contributed by atoms with Crippen molar-refractivity contribution in [2.45, 2.75) is 32.2 Å². The summed E-state index contributed by atoms with van der Waals surface area (Å²) < 4.78 is 0. The second-order valence-electron chi connectivity index (χ2n) is 4.58. The molecule has 0 amide bonds. The number of nitrogens with two attached hydrogens (primary N) is 1. The van der Waals surface area contributed by atoms with E-state index in [1.54, 1.807) is 6.07 Å². The normalized spacial score (nSPS) is 13.9. The number of aliphatic hydroxyl groups is 1. The maximum absolute atomic E-state index is 10.7. The molecule has 1 unspecified atom stereocenters. The van der Waals surface area contributed by atoms with E-state index < -0.39 is 4.92 Å². The third kappa shape index (κ3) is 3.59. The second-order valence-corrected chi connectivity index (χ2v) is 4.58. The van der Waals surface area contributed by atoms with Gasteiger partial charge in [0.25, 0.3) is 5.69 Å². The molecule has 6 heteroatoms. The lowest BCUT2D eigenvalue weighted by Gasteiger charge is -2.30. The van der Waals surface area contributed by atoms with E-state index in [-0.39, 0.29) is 17.8 Å². The van der Waals surface area contributed by atoms with E-state index in [0.29, 0.717) is 17.8 Å². The first kappa shape index (κ1) is 14.2. The van der Waals surface area contributed by atoms with Crippen LogP contribution in [0.3, 0.4) is 0 Å². The molecule has 0 bridgehead atoms. The van der Waals surface area contributed by atoms with E-state index >= 15 is 0 Å². The van der Waals surface area contributed by atoms with Crippen molar-refractivity contribution in [3.8, 4) is 0 Å². The first-order chi connectivity index (χ1) is 8.40. The average Bonchev–Trinajstić information content (AvgIpc) is 2.28. The first-order valence-electron chi connectivity index (χ1n) is 5.84. The molecule has 1 aromatic carbocycles. The Balaban J connectivity index is 2.99. The van der Waals surface area contributed by atoms with E-state index in [1.165, 1.54) is 12.1 Å². The molecule has 0 aliphatic rings. The lowest BCUT2D eigenvalue weighted by atomic mass is 9.94. The van der Waals surface area contributed by atoms with Crippen LogP contribution in [0.15, 0.2) is 18.2 Å². The Bertz CT molecular complexity index is 437. The fourth-order valence-electron chi connectivity index (χ4n) is 1.74. The van der Waals surface area contributed by atoms with E-state index in [2.05, 4.69) is 5.32 Å². The zero-order chi connectivity index (χ0) is 13.8. The quantitative estimate of drug-likeness (QED) is 0.409. The van der Waals surface area contributed by atoms with Crippen molar-refractivity contribution in [2.75, 3.05) is 17.7 Å². The predicted octanol–water partition coefficient (Wildman–Crippen LogP) is 2.14. The van der Waals surface area contributed by atoms with Gasteiger partial charge < -0.3 is 16.2 Å². The van der Waals surface area contributed by atoms with Gasteiger partial charge in [0.2, 0.25) is 0 Å². The molecule has 18 heavy (non-hydrogen) atoms. The number of non-ortho nitro benzene ring substituents is 1. The van der Waals surface area contributed by atoms with Crippen LogP contribution in [0, 0.1) is 10.1 Å². The maximum Gasteiger partial charge on any atom is 0.273 e. The van der Waals surface area contributed by atoms with E-state index in [1.807, 2.05) is 13.8 Å². The van der Waals surface area contributed by atoms with E-state index in [9.17, 15) is 10.1 Å². The number of hydrogen-bond donors (Lipinski definition) is 3. The number of nitrogen functional groups attached to an aromatic ring is 1. The summed E-state index contributed by atoms with van der Waals surface area (Å²) in [6.45, 7) is 4.00. The van der Waals surface area contributed by atoms with Gasteiger partial charge in [0.05, 0.1) is 4.92 Å². The first-order valence-corrected chi connectivity index (χ1v) is 5.84. The van der Waals surface area contributed by atoms with Gasteiger partial charge in [-0.1, -0.05) is 6.92 Å². The molecule has 0 aromatic heterocycles. The number of anilines is 2. The summed E-state index contributed by atoms with van der Waals surface area (Å²) in [6.07, 6.45) is 1.35. The fraction of sp³-hybridized carbons (Fsp3) is 0.500. The van der Waals surface area contributed by atoms with Gasteiger partial charge in [-0.05, 0) is 25.8 Å². The summed E-state index contributed by atoms with van der Waals surface area (Å²) in [5.74, 6) is 0. The molecule has 6 nitrogen and oxygen atoms in total. The Hall–Kier alpha value is -1.82. The number of nitrogens with zero attached hydrogens (tertiary/aromatic N) is 1. The topological polar surface area (TPSA) is 101 Å². The Morgan fingerprint density at radius 3 is 2.67 bits per heavy atom. The number of hydrogen-bond acceptors (Lipinski definition) is 5. The molecule has 1 atom stereocenters. The van der Waals surface area contributed by atoms with Gasteiger partial charge in [0.1, 0.15) is 0 Å². The number of nitro benzene ring substituents is 1. The molecule has 1 rings (SSSR count). The van der Waals surface area contributed by atoms with Crippen LogP contribution in [0.5, 0.6) is 0 Å². The summed E-state index contributed by atoms with van der Waals surface area (Å²) >= 11 is 0. The Labute approximate surface area is 106 Å². The number of rotatable bonds is 6. The third-order valence-corrected chi connectivity index (χ3v) is 3.04. The number of nitro groups is 1. The molecular formula is C12H19N3O3. The Kier molecular flexibility index (Phi) is 4.49. The fourth-order valence-corrected chi connectivity index (χ4v) is 1.74. The molecule has 1 aromatic rings. The van der Waals surface area contributed by atoms with Gasteiger partial charge in [0, 0.05) is 35.7 Å². The van der Waals surface area contributed by atoms with Crippen molar-refractivity contribution < 1.29 is 10.0 Å². The standard InChI is InChI=1S/C12H19N3O3/c1-3-12(2,4-5-16)14-10-6-9(13)7-11(8-10)15(17)18/h6-8,14,16H,3-5,13H2,1-2H3. The van der Waals surface area contributed by atoms with Crippen molar-refractivity contribution in [2.24, 2.45) is 0 Å². The van der Waals surface area contributed by atoms with Gasteiger partial charge in [-0.15, -0.1) is 0 Å². The molecule has 0 fully saturated rings. The van der Waals surface area contributed by atoms with Crippen LogP contribution in [0.2, 0.25) is 0 Å². The number of aliphatic hydroxyl groups excluding tert-OH is 1. The monoisotopic (exact) mass is 253 g/mol. The lowest BCUT2D eigenvalue weighted by Crippen LogP contribution is -2.35. The lowest BCUT2D eigenvalue weighted by molar-refractivity contribution is -0.384. The minimum absolute atomic E-state index is 0.0417. The van der Waals surface area contributed by atoms with Crippen molar-refractivity contribution in [3.63, 3.8) is 0 Å². The highest BCUT2D eigenvalue weighted by atomic mass is 16.6. The number of nitrogens with one attached hydrogen (secondary N) is 1. The highest BCUT2D eigenvalue weighted by Crippen LogP contribution is 2.27. The van der Waals surface area contributed by atoms with E-state index in [0.717, 1.165) is 6.42 Å². The van der Waals surface area contributed by atoms with Crippen molar-refractivity contribution in [1.29, 1.82) is 0 Å². The molecule has 0 saturated carbocycles. The summed E-state index contributed by atoms with van der Waals surface area (Å²) in [5, 5.41) is 23.0. The maximum atomic E-state index is 10.7. The van der Waals surface area contributed by atoms with Gasteiger partial charge in [-0.2, -0.15) is 0 Å². The van der Waals surface area contributed by atoms with Crippen molar-refractivity contribution in [3.05, 3.63) is 28.3 Å². The van der Waals surface area contributed by atoms with Crippen LogP contribution in [0.25, 0.3) is 0 Å². The number of benzene rings is 1. The zero-order valence-corrected chi connectivity index (χ0v) is 10.6. The Morgan fingerprint density at radius 2 is 2.17 bits per heavy atom. The Morgan fingerprint density at radius 1 is 1.50 bits per heavy atom. The highest BCUT2D eigenvalue weighted by molar-refractivity contribution is 5.62.